The molecule has 13 heavy (non-hydrogen) atoms. The highest BCUT2D eigenvalue weighted by atomic mass is 16.5. The maximum absolute atomic E-state index is 10.9. The normalized spacial score (nSPS) is 10.6. The fraction of sp³-hybridized carbons (Fsp3) is 0.375. The molecule has 0 aliphatic carbocycles. The molecular formula is C8H11N3O2. The monoisotopic (exact) mass is 181 g/mol. The smallest absolute Gasteiger partial charge is 0.246 e. The molecule has 0 bridgehead atoms. The Hall–Kier alpha value is -1.65. The van der Waals surface area contributed by atoms with Crippen LogP contribution in [-0.4, -0.2) is 16.0 Å². The topological polar surface area (TPSA) is 68.0 Å². The first-order chi connectivity index (χ1) is 6.22. The molecule has 0 saturated carbocycles. The van der Waals surface area contributed by atoms with E-state index in [1.54, 1.807) is 19.9 Å². The van der Waals surface area contributed by atoms with Crippen LogP contribution >= 0.6 is 0 Å². The van der Waals surface area contributed by atoms with Crippen LogP contribution in [0.2, 0.25) is 0 Å². The van der Waals surface area contributed by atoms with E-state index < -0.39 is 0 Å². The Balaban J connectivity index is 2.39. The highest BCUT2D eigenvalue weighted by Gasteiger charge is 2.02. The van der Waals surface area contributed by atoms with Crippen LogP contribution in [0.4, 0.5) is 0 Å². The van der Waals surface area contributed by atoms with Gasteiger partial charge in [-0.05, 0) is 19.9 Å². The lowest BCUT2D eigenvalue weighted by Gasteiger charge is -1.94. The van der Waals surface area contributed by atoms with E-state index in [0.717, 1.165) is 0 Å². The number of hydrogen-bond acceptors (Lipinski definition) is 4. The summed E-state index contributed by atoms with van der Waals surface area (Å²) < 4.78 is 4.79. The molecule has 1 heterocycles. The average Bonchev–Trinajstić information content (AvgIpc) is 2.49. The number of amides is 1. The van der Waals surface area contributed by atoms with Gasteiger partial charge >= 0.3 is 0 Å². The zero-order valence-corrected chi connectivity index (χ0v) is 7.57. The lowest BCUT2D eigenvalue weighted by atomic mass is 10.5. The third kappa shape index (κ3) is 3.06. The molecule has 0 fully saturated rings. The third-order valence-corrected chi connectivity index (χ3v) is 1.30. The molecule has 0 atom stereocenters. The van der Waals surface area contributed by atoms with E-state index in [9.17, 15) is 4.79 Å². The standard InChI is InChI=1S/C8H11N3O2/c1-3-4-7(12)9-5-8-10-6(2)11-13-8/h3-4H,5H2,1-2H3,(H,9,12)/b4-3+. The second-order valence-corrected chi connectivity index (χ2v) is 2.45. The van der Waals surface area contributed by atoms with Crippen molar-refractivity contribution in [2.24, 2.45) is 0 Å². The maximum Gasteiger partial charge on any atom is 0.246 e. The first kappa shape index (κ1) is 9.44. The van der Waals surface area contributed by atoms with Crippen molar-refractivity contribution in [2.45, 2.75) is 20.4 Å². The van der Waals surface area contributed by atoms with E-state index in [1.807, 2.05) is 0 Å². The Labute approximate surface area is 75.8 Å². The van der Waals surface area contributed by atoms with Crippen LogP contribution in [0.5, 0.6) is 0 Å². The molecule has 0 radical (unpaired) electrons. The second-order valence-electron chi connectivity index (χ2n) is 2.45. The van der Waals surface area contributed by atoms with Gasteiger partial charge in [0.1, 0.15) is 0 Å². The summed E-state index contributed by atoms with van der Waals surface area (Å²) in [6, 6.07) is 0. The van der Waals surface area contributed by atoms with Gasteiger partial charge in [0.2, 0.25) is 11.8 Å². The molecule has 0 aliphatic heterocycles. The first-order valence-corrected chi connectivity index (χ1v) is 3.92. The van der Waals surface area contributed by atoms with E-state index in [4.69, 9.17) is 4.52 Å². The van der Waals surface area contributed by atoms with Crippen molar-refractivity contribution in [3.05, 3.63) is 23.9 Å². The van der Waals surface area contributed by atoms with E-state index in [0.29, 0.717) is 11.7 Å². The molecule has 1 aromatic heterocycles. The molecule has 1 N–H and O–H groups in total. The van der Waals surface area contributed by atoms with Gasteiger partial charge in [0.25, 0.3) is 0 Å². The molecule has 1 rings (SSSR count). The number of nitrogens with one attached hydrogen (secondary N) is 1. The highest BCUT2D eigenvalue weighted by Crippen LogP contribution is 1.94. The largest absolute Gasteiger partial charge is 0.343 e. The van der Waals surface area contributed by atoms with Gasteiger partial charge in [-0.2, -0.15) is 4.98 Å². The molecule has 70 valence electrons. The van der Waals surface area contributed by atoms with Gasteiger partial charge in [-0.3, -0.25) is 4.79 Å². The zero-order chi connectivity index (χ0) is 9.68. The summed E-state index contributed by atoms with van der Waals surface area (Å²) >= 11 is 0. The van der Waals surface area contributed by atoms with Gasteiger partial charge in [0, 0.05) is 0 Å². The molecular weight excluding hydrogens is 170 g/mol. The fourth-order valence-corrected chi connectivity index (χ4v) is 0.785. The number of aryl methyl sites for hydroxylation is 1. The lowest BCUT2D eigenvalue weighted by molar-refractivity contribution is -0.116. The number of carbonyl (C=O) groups excluding carboxylic acids is 1. The van der Waals surface area contributed by atoms with Crippen LogP contribution in [0.1, 0.15) is 18.6 Å². The molecule has 5 heteroatoms. The molecule has 0 unspecified atom stereocenters. The van der Waals surface area contributed by atoms with Crippen LogP contribution < -0.4 is 5.32 Å². The summed E-state index contributed by atoms with van der Waals surface area (Å²) in [7, 11) is 0. The van der Waals surface area contributed by atoms with Gasteiger partial charge in [-0.15, -0.1) is 0 Å². The van der Waals surface area contributed by atoms with Crippen LogP contribution in [0.25, 0.3) is 0 Å². The first-order valence-electron chi connectivity index (χ1n) is 3.92. The maximum atomic E-state index is 10.9. The second kappa shape index (κ2) is 4.39. The van der Waals surface area contributed by atoms with E-state index in [1.165, 1.54) is 6.08 Å². The number of carbonyl (C=O) groups is 1. The molecule has 0 spiro atoms. The molecule has 1 amide bonds. The minimum absolute atomic E-state index is 0.168. The zero-order valence-electron chi connectivity index (χ0n) is 7.57. The summed E-state index contributed by atoms with van der Waals surface area (Å²) in [5.74, 6) is 0.809. The summed E-state index contributed by atoms with van der Waals surface area (Å²) in [4.78, 5) is 14.9. The number of nitrogens with zero attached hydrogens (tertiary/aromatic N) is 2. The Bertz CT molecular complexity index is 317. The number of aromatic nitrogens is 2. The van der Waals surface area contributed by atoms with Gasteiger partial charge < -0.3 is 9.84 Å². The molecule has 0 aromatic carbocycles. The van der Waals surface area contributed by atoms with Crippen LogP contribution in [0.15, 0.2) is 16.7 Å². The Morgan fingerprint density at radius 3 is 3.00 bits per heavy atom. The average molecular weight is 181 g/mol. The van der Waals surface area contributed by atoms with Crippen molar-refractivity contribution < 1.29 is 9.32 Å². The molecule has 5 nitrogen and oxygen atoms in total. The Morgan fingerprint density at radius 2 is 2.46 bits per heavy atom. The minimum Gasteiger partial charge on any atom is -0.343 e. The summed E-state index contributed by atoms with van der Waals surface area (Å²) in [5, 5.41) is 6.18. The summed E-state index contributed by atoms with van der Waals surface area (Å²) in [6.07, 6.45) is 3.09. The predicted molar refractivity (Wildman–Crippen MR) is 45.7 cm³/mol. The van der Waals surface area contributed by atoms with Crippen molar-refractivity contribution in [1.82, 2.24) is 15.5 Å². The lowest BCUT2D eigenvalue weighted by Crippen LogP contribution is -2.20. The van der Waals surface area contributed by atoms with Crippen molar-refractivity contribution in [3.63, 3.8) is 0 Å². The van der Waals surface area contributed by atoms with Gasteiger partial charge in [-0.1, -0.05) is 11.2 Å². The number of allylic oxidation sites excluding steroid dienone is 1. The van der Waals surface area contributed by atoms with Crippen LogP contribution in [0.3, 0.4) is 0 Å². The van der Waals surface area contributed by atoms with Crippen molar-refractivity contribution >= 4 is 5.91 Å². The van der Waals surface area contributed by atoms with Crippen molar-refractivity contribution in [1.29, 1.82) is 0 Å². The Kier molecular flexibility index (Phi) is 3.19. The third-order valence-electron chi connectivity index (χ3n) is 1.30. The van der Waals surface area contributed by atoms with E-state index in [2.05, 4.69) is 15.5 Å². The molecule has 1 aromatic rings. The molecule has 0 saturated heterocycles. The quantitative estimate of drug-likeness (QED) is 0.692. The number of rotatable bonds is 3. The van der Waals surface area contributed by atoms with Crippen molar-refractivity contribution in [2.75, 3.05) is 0 Å². The summed E-state index contributed by atoms with van der Waals surface area (Å²) in [6.45, 7) is 3.77. The van der Waals surface area contributed by atoms with Gasteiger partial charge in [0.05, 0.1) is 6.54 Å². The van der Waals surface area contributed by atoms with Crippen LogP contribution in [0, 0.1) is 6.92 Å². The summed E-state index contributed by atoms with van der Waals surface area (Å²) in [5.41, 5.74) is 0. The highest BCUT2D eigenvalue weighted by molar-refractivity contribution is 5.87. The van der Waals surface area contributed by atoms with Crippen molar-refractivity contribution in [3.8, 4) is 0 Å². The van der Waals surface area contributed by atoms with E-state index in [-0.39, 0.29) is 12.5 Å². The van der Waals surface area contributed by atoms with Gasteiger partial charge in [0.15, 0.2) is 5.82 Å². The minimum atomic E-state index is -0.168. The number of hydrogen-bond donors (Lipinski definition) is 1. The molecule has 0 aliphatic rings. The SMILES string of the molecule is C/C=C/C(=O)NCc1nc(C)no1. The van der Waals surface area contributed by atoms with E-state index >= 15 is 0 Å². The predicted octanol–water partition coefficient (Wildman–Crippen LogP) is 0.570. The Morgan fingerprint density at radius 1 is 1.69 bits per heavy atom. The van der Waals surface area contributed by atoms with Gasteiger partial charge in [-0.25, -0.2) is 0 Å². The fourth-order valence-electron chi connectivity index (χ4n) is 0.785. The van der Waals surface area contributed by atoms with Crippen LogP contribution in [-0.2, 0) is 11.3 Å².